The summed E-state index contributed by atoms with van der Waals surface area (Å²) in [5.74, 6) is 0.448. The lowest BCUT2D eigenvalue weighted by Crippen LogP contribution is -2.33. The van der Waals surface area contributed by atoms with E-state index >= 15 is 0 Å². The molecule has 0 spiro atoms. The number of rotatable bonds is 5. The van der Waals surface area contributed by atoms with Crippen LogP contribution in [0.3, 0.4) is 0 Å². The Bertz CT molecular complexity index is 867. The number of hydrogen-bond acceptors (Lipinski definition) is 3. The Balaban J connectivity index is 1.69. The summed E-state index contributed by atoms with van der Waals surface area (Å²) in [5.41, 5.74) is 2.63. The first-order valence-corrected chi connectivity index (χ1v) is 9.39. The Morgan fingerprint density at radius 2 is 1.96 bits per heavy atom. The monoisotopic (exact) mass is 384 g/mol. The second kappa shape index (κ2) is 8.87. The van der Waals surface area contributed by atoms with Crippen molar-refractivity contribution in [1.82, 2.24) is 9.80 Å². The molecule has 0 N–H and O–H groups in total. The topological polar surface area (TPSA) is 49.9 Å². The molecule has 28 heavy (non-hydrogen) atoms. The van der Waals surface area contributed by atoms with Crippen LogP contribution in [0.1, 0.15) is 23.1 Å². The van der Waals surface area contributed by atoms with Crippen molar-refractivity contribution in [3.05, 3.63) is 65.0 Å². The fourth-order valence-corrected chi connectivity index (χ4v) is 3.22. The van der Waals surface area contributed by atoms with Gasteiger partial charge in [0.2, 0.25) is 11.8 Å². The second-order valence-corrected chi connectivity index (χ2v) is 7.20. The highest BCUT2D eigenvalue weighted by atomic mass is 19.1. The maximum atomic E-state index is 13.4. The fraction of sp³-hybridized carbons (Fsp3) is 0.364. The molecule has 2 aromatic rings. The van der Waals surface area contributed by atoms with Gasteiger partial charge in [-0.15, -0.1) is 0 Å². The first kappa shape index (κ1) is 19.9. The number of nitrogens with zero attached hydrogens (tertiary/aromatic N) is 2. The van der Waals surface area contributed by atoms with Crippen molar-refractivity contribution in [2.45, 2.75) is 25.8 Å². The molecule has 1 aliphatic rings. The Morgan fingerprint density at radius 1 is 1.14 bits per heavy atom. The third-order valence-electron chi connectivity index (χ3n) is 4.83. The van der Waals surface area contributed by atoms with Gasteiger partial charge in [0, 0.05) is 32.6 Å². The van der Waals surface area contributed by atoms with E-state index in [1.165, 1.54) is 12.1 Å². The van der Waals surface area contributed by atoms with Gasteiger partial charge in [-0.2, -0.15) is 0 Å². The van der Waals surface area contributed by atoms with E-state index in [1.54, 1.807) is 36.0 Å². The second-order valence-electron chi connectivity index (χ2n) is 7.20. The summed E-state index contributed by atoms with van der Waals surface area (Å²) in [7, 11) is 3.49. The number of amides is 2. The summed E-state index contributed by atoms with van der Waals surface area (Å²) >= 11 is 0. The van der Waals surface area contributed by atoms with E-state index < -0.39 is 0 Å². The summed E-state index contributed by atoms with van der Waals surface area (Å²) in [6.07, 6.45) is 1.24. The van der Waals surface area contributed by atoms with Crippen LogP contribution in [0.15, 0.2) is 42.5 Å². The van der Waals surface area contributed by atoms with Crippen LogP contribution in [0.4, 0.5) is 4.39 Å². The van der Waals surface area contributed by atoms with Crippen molar-refractivity contribution in [3.8, 4) is 5.75 Å². The molecular formula is C22H25FN2O3. The highest BCUT2D eigenvalue weighted by molar-refractivity contribution is 5.79. The lowest BCUT2D eigenvalue weighted by atomic mass is 10.0. The number of carbonyl (C=O) groups is 2. The summed E-state index contributed by atoms with van der Waals surface area (Å²) in [4.78, 5) is 27.9. The lowest BCUT2D eigenvalue weighted by Gasteiger charge is -2.20. The van der Waals surface area contributed by atoms with Gasteiger partial charge in [0.25, 0.3) is 0 Å². The molecule has 0 fully saturated rings. The van der Waals surface area contributed by atoms with Gasteiger partial charge in [0.05, 0.1) is 13.0 Å². The Labute approximate surface area is 164 Å². The van der Waals surface area contributed by atoms with Crippen molar-refractivity contribution in [2.24, 2.45) is 0 Å². The van der Waals surface area contributed by atoms with E-state index in [0.29, 0.717) is 38.1 Å². The van der Waals surface area contributed by atoms with Crippen molar-refractivity contribution in [2.75, 3.05) is 27.2 Å². The van der Waals surface area contributed by atoms with Crippen LogP contribution in [-0.2, 0) is 29.0 Å². The summed E-state index contributed by atoms with van der Waals surface area (Å²) in [6.45, 7) is 1.34. The van der Waals surface area contributed by atoms with Gasteiger partial charge in [-0.05, 0) is 35.7 Å². The minimum Gasteiger partial charge on any atom is -0.491 e. The highest BCUT2D eigenvalue weighted by Crippen LogP contribution is 2.25. The van der Waals surface area contributed by atoms with Crippen LogP contribution in [-0.4, -0.2) is 48.9 Å². The summed E-state index contributed by atoms with van der Waals surface area (Å²) in [6, 6.07) is 12.0. The zero-order valence-corrected chi connectivity index (χ0v) is 16.3. The Kier molecular flexibility index (Phi) is 6.29. The number of carbonyl (C=O) groups excluding carboxylic acids is 2. The SMILES string of the molecule is CN(C)C(=O)CCc1ccc2c(c1)CN(C(=O)Cc1cccc(F)c1)CCO2. The van der Waals surface area contributed by atoms with E-state index in [4.69, 9.17) is 4.74 Å². The zero-order chi connectivity index (χ0) is 20.1. The first-order valence-electron chi connectivity index (χ1n) is 9.39. The average molecular weight is 384 g/mol. The number of halogens is 1. The zero-order valence-electron chi connectivity index (χ0n) is 16.3. The molecule has 5 nitrogen and oxygen atoms in total. The predicted molar refractivity (Wildman–Crippen MR) is 104 cm³/mol. The molecule has 6 heteroatoms. The maximum absolute atomic E-state index is 13.4. The molecule has 0 radical (unpaired) electrons. The minimum absolute atomic E-state index is 0.0600. The molecule has 0 aliphatic carbocycles. The fourth-order valence-electron chi connectivity index (χ4n) is 3.22. The van der Waals surface area contributed by atoms with E-state index in [9.17, 15) is 14.0 Å². The van der Waals surface area contributed by atoms with Gasteiger partial charge in [-0.25, -0.2) is 4.39 Å². The predicted octanol–water partition coefficient (Wildman–Crippen LogP) is 2.81. The van der Waals surface area contributed by atoms with Crippen molar-refractivity contribution in [1.29, 1.82) is 0 Å². The molecule has 148 valence electrons. The molecule has 0 unspecified atom stereocenters. The molecular weight excluding hydrogens is 359 g/mol. The lowest BCUT2D eigenvalue weighted by molar-refractivity contribution is -0.131. The number of benzene rings is 2. The summed E-state index contributed by atoms with van der Waals surface area (Å²) in [5, 5.41) is 0. The molecule has 2 amide bonds. The van der Waals surface area contributed by atoms with E-state index in [1.807, 2.05) is 18.2 Å². The quantitative estimate of drug-likeness (QED) is 0.797. The molecule has 3 rings (SSSR count). The highest BCUT2D eigenvalue weighted by Gasteiger charge is 2.20. The molecule has 0 saturated carbocycles. The first-order chi connectivity index (χ1) is 13.4. The number of fused-ring (bicyclic) bond motifs is 1. The summed E-state index contributed by atoms with van der Waals surface area (Å²) < 4.78 is 19.2. The van der Waals surface area contributed by atoms with Gasteiger partial charge in [0.1, 0.15) is 18.2 Å². The molecule has 0 bridgehead atoms. The molecule has 2 aromatic carbocycles. The Morgan fingerprint density at radius 3 is 2.71 bits per heavy atom. The third kappa shape index (κ3) is 5.09. The van der Waals surface area contributed by atoms with Crippen LogP contribution in [0, 0.1) is 5.82 Å². The minimum atomic E-state index is -0.341. The molecule has 0 aromatic heterocycles. The van der Waals surface area contributed by atoms with Crippen LogP contribution in [0.2, 0.25) is 0 Å². The van der Waals surface area contributed by atoms with E-state index in [-0.39, 0.29) is 24.1 Å². The molecule has 0 atom stereocenters. The third-order valence-corrected chi connectivity index (χ3v) is 4.83. The maximum Gasteiger partial charge on any atom is 0.227 e. The van der Waals surface area contributed by atoms with Crippen molar-refractivity contribution in [3.63, 3.8) is 0 Å². The van der Waals surface area contributed by atoms with E-state index in [2.05, 4.69) is 0 Å². The average Bonchev–Trinajstić information content (AvgIpc) is 2.88. The van der Waals surface area contributed by atoms with Gasteiger partial charge in [-0.1, -0.05) is 24.3 Å². The molecule has 0 saturated heterocycles. The van der Waals surface area contributed by atoms with Gasteiger partial charge in [0.15, 0.2) is 0 Å². The standard InChI is InChI=1S/C22H25FN2O3/c1-24(2)21(26)9-7-16-6-8-20-18(12-16)15-25(10-11-28-20)22(27)14-17-4-3-5-19(23)13-17/h3-6,8,12-13H,7,9-11,14-15H2,1-2H3. The largest absolute Gasteiger partial charge is 0.491 e. The number of hydrogen-bond donors (Lipinski definition) is 0. The van der Waals surface area contributed by atoms with Crippen LogP contribution in [0.25, 0.3) is 0 Å². The van der Waals surface area contributed by atoms with Crippen LogP contribution < -0.4 is 4.74 Å². The number of aryl methyl sites for hydroxylation is 1. The van der Waals surface area contributed by atoms with E-state index in [0.717, 1.165) is 16.9 Å². The van der Waals surface area contributed by atoms with Gasteiger partial charge < -0.3 is 14.5 Å². The molecule has 1 aliphatic heterocycles. The Hall–Kier alpha value is -2.89. The van der Waals surface area contributed by atoms with Crippen molar-refractivity contribution < 1.29 is 18.7 Å². The van der Waals surface area contributed by atoms with Gasteiger partial charge in [-0.3, -0.25) is 9.59 Å². The van der Waals surface area contributed by atoms with Crippen LogP contribution in [0.5, 0.6) is 5.75 Å². The van der Waals surface area contributed by atoms with Gasteiger partial charge >= 0.3 is 0 Å². The van der Waals surface area contributed by atoms with Crippen molar-refractivity contribution >= 4 is 11.8 Å². The number of ether oxygens (including phenoxy) is 1. The normalized spacial score (nSPS) is 13.3. The smallest absolute Gasteiger partial charge is 0.227 e. The molecule has 1 heterocycles. The van der Waals surface area contributed by atoms with Crippen LogP contribution >= 0.6 is 0 Å².